The second-order valence-electron chi connectivity index (χ2n) is 7.50. The van der Waals surface area contributed by atoms with Crippen LogP contribution in [-0.4, -0.2) is 72.1 Å². The molecule has 3 rings (SSSR count). The summed E-state index contributed by atoms with van der Waals surface area (Å²) in [5, 5.41) is 15.0. The SMILES string of the molecule is CCc1nncn1CCNC(=NCC(c1ccccc1)N1CCCC1)NCCOC.I. The number of aromatic nitrogens is 3. The minimum Gasteiger partial charge on any atom is -0.383 e. The van der Waals surface area contributed by atoms with Gasteiger partial charge in [-0.05, 0) is 31.5 Å². The molecule has 2 N–H and O–H groups in total. The second kappa shape index (κ2) is 14.4. The average Bonchev–Trinajstić information content (AvgIpc) is 3.46. The Morgan fingerprint density at radius 1 is 1.16 bits per heavy atom. The number of likely N-dealkylation sites (tertiary alicyclic amines) is 1. The maximum atomic E-state index is 5.19. The van der Waals surface area contributed by atoms with Crippen molar-refractivity contribution in [3.63, 3.8) is 0 Å². The molecule has 1 aliphatic rings. The summed E-state index contributed by atoms with van der Waals surface area (Å²) in [7, 11) is 1.71. The van der Waals surface area contributed by atoms with Gasteiger partial charge in [0.2, 0.25) is 0 Å². The third-order valence-corrected chi connectivity index (χ3v) is 5.44. The topological polar surface area (TPSA) is 79.6 Å². The van der Waals surface area contributed by atoms with E-state index < -0.39 is 0 Å². The predicted octanol–water partition coefficient (Wildman–Crippen LogP) is 2.48. The molecule has 1 aromatic heterocycles. The number of methoxy groups -OCH3 is 1. The number of guanidine groups is 1. The zero-order valence-electron chi connectivity index (χ0n) is 18.7. The maximum Gasteiger partial charge on any atom is 0.191 e. The summed E-state index contributed by atoms with van der Waals surface area (Å²) in [6.07, 6.45) is 5.20. The highest BCUT2D eigenvalue weighted by atomic mass is 127. The monoisotopic (exact) mass is 541 g/mol. The van der Waals surface area contributed by atoms with Crippen LogP contribution < -0.4 is 10.6 Å². The third-order valence-electron chi connectivity index (χ3n) is 5.44. The Bertz CT molecular complexity index is 762. The molecule has 0 saturated carbocycles. The van der Waals surface area contributed by atoms with E-state index in [1.807, 2.05) is 0 Å². The van der Waals surface area contributed by atoms with Gasteiger partial charge in [-0.15, -0.1) is 34.2 Å². The molecule has 1 saturated heterocycles. The lowest BCUT2D eigenvalue weighted by Gasteiger charge is -2.27. The van der Waals surface area contributed by atoms with Gasteiger partial charge in [0.25, 0.3) is 0 Å². The van der Waals surface area contributed by atoms with Crippen molar-refractivity contribution in [2.24, 2.45) is 4.99 Å². The summed E-state index contributed by atoms with van der Waals surface area (Å²) in [5.41, 5.74) is 1.33. The van der Waals surface area contributed by atoms with Gasteiger partial charge in [-0.3, -0.25) is 9.89 Å². The van der Waals surface area contributed by atoms with Gasteiger partial charge in [0.05, 0.1) is 19.2 Å². The van der Waals surface area contributed by atoms with Gasteiger partial charge in [0, 0.05) is 33.2 Å². The quantitative estimate of drug-likeness (QED) is 0.197. The molecule has 1 aliphatic heterocycles. The number of hydrogen-bond donors (Lipinski definition) is 2. The van der Waals surface area contributed by atoms with E-state index in [1.165, 1.54) is 18.4 Å². The van der Waals surface area contributed by atoms with E-state index in [4.69, 9.17) is 9.73 Å². The Labute approximate surface area is 202 Å². The van der Waals surface area contributed by atoms with E-state index in [0.717, 1.165) is 57.5 Å². The average molecular weight is 541 g/mol. The summed E-state index contributed by atoms with van der Waals surface area (Å²) in [6, 6.07) is 11.0. The molecular weight excluding hydrogens is 505 g/mol. The van der Waals surface area contributed by atoms with Crippen molar-refractivity contribution in [2.75, 3.05) is 46.4 Å². The van der Waals surface area contributed by atoms with E-state index in [9.17, 15) is 0 Å². The van der Waals surface area contributed by atoms with E-state index in [0.29, 0.717) is 12.6 Å². The van der Waals surface area contributed by atoms with Crippen molar-refractivity contribution >= 4 is 29.9 Å². The standard InChI is InChI=1S/C22H35N7O.HI/c1-3-21-27-26-18-29(21)15-11-23-22(24-12-16-30-2)25-17-20(28-13-7-8-14-28)19-9-5-4-6-10-19;/h4-6,9-10,18,20H,3,7-8,11-17H2,1-2H3,(H2,23,24,25);1H. The van der Waals surface area contributed by atoms with Crippen LogP contribution in [0.25, 0.3) is 0 Å². The molecule has 8 nitrogen and oxygen atoms in total. The van der Waals surface area contributed by atoms with Gasteiger partial charge in [0.15, 0.2) is 5.96 Å². The molecule has 0 radical (unpaired) electrons. The molecule has 0 bridgehead atoms. The first-order valence-corrected chi connectivity index (χ1v) is 11.0. The predicted molar refractivity (Wildman–Crippen MR) is 135 cm³/mol. The van der Waals surface area contributed by atoms with Crippen LogP contribution in [-0.2, 0) is 17.7 Å². The fraction of sp³-hybridized carbons (Fsp3) is 0.591. The largest absolute Gasteiger partial charge is 0.383 e. The molecule has 0 spiro atoms. The minimum absolute atomic E-state index is 0. The number of nitrogens with one attached hydrogen (secondary N) is 2. The van der Waals surface area contributed by atoms with Crippen LogP contribution in [0, 0.1) is 0 Å². The molecule has 172 valence electrons. The van der Waals surface area contributed by atoms with Crippen molar-refractivity contribution in [3.05, 3.63) is 48.0 Å². The van der Waals surface area contributed by atoms with Crippen LogP contribution in [0.15, 0.2) is 41.7 Å². The van der Waals surface area contributed by atoms with E-state index in [2.05, 4.69) is 67.6 Å². The molecule has 1 unspecified atom stereocenters. The lowest BCUT2D eigenvalue weighted by atomic mass is 10.1. The van der Waals surface area contributed by atoms with Gasteiger partial charge in [-0.2, -0.15) is 0 Å². The van der Waals surface area contributed by atoms with Crippen molar-refractivity contribution in [2.45, 2.75) is 38.8 Å². The van der Waals surface area contributed by atoms with Crippen molar-refractivity contribution in [1.29, 1.82) is 0 Å². The van der Waals surface area contributed by atoms with Crippen molar-refractivity contribution < 1.29 is 4.74 Å². The highest BCUT2D eigenvalue weighted by Gasteiger charge is 2.23. The normalized spacial score (nSPS) is 15.5. The van der Waals surface area contributed by atoms with E-state index in [1.54, 1.807) is 13.4 Å². The van der Waals surface area contributed by atoms with Crippen LogP contribution in [0.1, 0.15) is 37.2 Å². The number of benzene rings is 1. The smallest absolute Gasteiger partial charge is 0.191 e. The summed E-state index contributed by atoms with van der Waals surface area (Å²) >= 11 is 0. The molecule has 9 heteroatoms. The number of ether oxygens (including phenoxy) is 1. The van der Waals surface area contributed by atoms with Gasteiger partial charge in [-0.1, -0.05) is 37.3 Å². The summed E-state index contributed by atoms with van der Waals surface area (Å²) < 4.78 is 7.27. The van der Waals surface area contributed by atoms with Gasteiger partial charge in [-0.25, -0.2) is 0 Å². The van der Waals surface area contributed by atoms with Crippen LogP contribution in [0.5, 0.6) is 0 Å². The highest BCUT2D eigenvalue weighted by Crippen LogP contribution is 2.25. The number of hydrogen-bond acceptors (Lipinski definition) is 5. The fourth-order valence-electron chi connectivity index (χ4n) is 3.82. The Morgan fingerprint density at radius 2 is 1.90 bits per heavy atom. The number of aliphatic imine (C=N–C) groups is 1. The number of aryl methyl sites for hydroxylation is 1. The summed E-state index contributed by atoms with van der Waals surface area (Å²) in [4.78, 5) is 7.49. The van der Waals surface area contributed by atoms with Crippen molar-refractivity contribution in [1.82, 2.24) is 30.3 Å². The van der Waals surface area contributed by atoms with Crippen LogP contribution in [0.3, 0.4) is 0 Å². The number of rotatable bonds is 11. The Hall–Kier alpha value is -1.72. The zero-order valence-corrected chi connectivity index (χ0v) is 21.0. The minimum atomic E-state index is 0. The first kappa shape index (κ1) is 25.5. The van der Waals surface area contributed by atoms with Crippen LogP contribution in [0.2, 0.25) is 0 Å². The van der Waals surface area contributed by atoms with Crippen LogP contribution >= 0.6 is 24.0 Å². The van der Waals surface area contributed by atoms with E-state index in [-0.39, 0.29) is 24.0 Å². The molecular formula is C22H36IN7O. The molecule has 1 aromatic carbocycles. The molecule has 2 aromatic rings. The lowest BCUT2D eigenvalue weighted by Crippen LogP contribution is -2.41. The maximum absolute atomic E-state index is 5.19. The lowest BCUT2D eigenvalue weighted by molar-refractivity contribution is 0.203. The second-order valence-corrected chi connectivity index (χ2v) is 7.50. The molecule has 1 fully saturated rings. The van der Waals surface area contributed by atoms with Gasteiger partial charge < -0.3 is 19.9 Å². The Kier molecular flexibility index (Phi) is 11.8. The first-order valence-electron chi connectivity index (χ1n) is 11.0. The Morgan fingerprint density at radius 3 is 2.61 bits per heavy atom. The summed E-state index contributed by atoms with van der Waals surface area (Å²) in [6.45, 7) is 8.01. The molecule has 1 atom stereocenters. The third kappa shape index (κ3) is 8.04. The van der Waals surface area contributed by atoms with Crippen LogP contribution in [0.4, 0.5) is 0 Å². The molecule has 31 heavy (non-hydrogen) atoms. The van der Waals surface area contributed by atoms with Crippen molar-refractivity contribution in [3.8, 4) is 0 Å². The highest BCUT2D eigenvalue weighted by molar-refractivity contribution is 14.0. The number of halogens is 1. The Balaban J connectivity index is 0.00000341. The fourth-order valence-corrected chi connectivity index (χ4v) is 3.82. The van der Waals surface area contributed by atoms with Gasteiger partial charge >= 0.3 is 0 Å². The van der Waals surface area contributed by atoms with E-state index >= 15 is 0 Å². The number of nitrogens with zero attached hydrogens (tertiary/aromatic N) is 5. The molecule has 2 heterocycles. The zero-order chi connectivity index (χ0) is 21.0. The van der Waals surface area contributed by atoms with Gasteiger partial charge in [0.1, 0.15) is 12.2 Å². The summed E-state index contributed by atoms with van der Waals surface area (Å²) in [5.74, 6) is 1.82. The first-order chi connectivity index (χ1) is 14.8. The molecule has 0 amide bonds. The molecule has 0 aliphatic carbocycles.